The van der Waals surface area contributed by atoms with Crippen molar-refractivity contribution in [3.8, 4) is 0 Å². The Kier molecular flexibility index (Phi) is 18.2. The van der Waals surface area contributed by atoms with Crippen molar-refractivity contribution in [2.75, 3.05) is 34.8 Å². The molecular formula is C46H79N3O13. The summed E-state index contributed by atoms with van der Waals surface area (Å²) >= 11 is 0. The van der Waals surface area contributed by atoms with Crippen molar-refractivity contribution in [3.05, 3.63) is 35.9 Å². The molecule has 5 N–H and O–H groups in total. The predicted molar refractivity (Wildman–Crippen MR) is 232 cm³/mol. The fourth-order valence-corrected chi connectivity index (χ4v) is 9.86. The maximum atomic E-state index is 14.6. The largest absolute Gasteiger partial charge is 0.459 e. The summed E-state index contributed by atoms with van der Waals surface area (Å²) in [6.45, 7) is 18.2. The monoisotopic (exact) mass is 882 g/mol. The van der Waals surface area contributed by atoms with Crippen LogP contribution in [-0.2, 0) is 44.5 Å². The minimum atomic E-state index is -1.89. The number of hydrogen-bond donors (Lipinski definition) is 5. The van der Waals surface area contributed by atoms with Crippen molar-refractivity contribution in [3.63, 3.8) is 0 Å². The van der Waals surface area contributed by atoms with Gasteiger partial charge in [-0.25, -0.2) is 4.79 Å². The topological polar surface area (TPSA) is 198 Å². The summed E-state index contributed by atoms with van der Waals surface area (Å²) in [7, 11) is 7.11. The first kappa shape index (κ1) is 52.1. The van der Waals surface area contributed by atoms with Crippen molar-refractivity contribution >= 4 is 12.1 Å². The number of hydrogen-bond acceptors (Lipinski definition) is 15. The number of carbonyl (C=O) groups excluding carboxylic acids is 2. The lowest BCUT2D eigenvalue weighted by Gasteiger charge is -2.48. The molecule has 16 nitrogen and oxygen atoms in total. The number of amides is 1. The van der Waals surface area contributed by atoms with Crippen LogP contribution in [0.25, 0.3) is 0 Å². The molecular weight excluding hydrogens is 803 g/mol. The lowest BCUT2D eigenvalue weighted by atomic mass is 9.77. The molecule has 4 rings (SSSR count). The van der Waals surface area contributed by atoms with Gasteiger partial charge in [-0.2, -0.15) is 0 Å². The van der Waals surface area contributed by atoms with Gasteiger partial charge in [0.2, 0.25) is 0 Å². The standard InChI is InChI=1S/C46H79N3O13/c1-15-34-46(10,55)40(62-43(53)47-24-32-19-17-16-18-20-32)30(6)49(13)25-26(2)22-44(8,54)39(61-42-36(50)33(48(11)12)21-27(3)57-42)28(4)37(29(5)41(52)59-34)60-35-23-45(9,56-14)38(51)31(7)58-35/h16-20,26-31,33-40,42,50-51,54-55H,15,21-25H2,1-14H3,(H,47,53)/t26-,27-,28+,29-,30-,31+,33+,34-,35+,36-,37+,38+,39-,40-,42+,44-,45-,46-/m1/s1. The molecule has 18 atom stereocenters. The molecule has 356 valence electrons. The Bertz CT molecular complexity index is 1570. The highest BCUT2D eigenvalue weighted by molar-refractivity contribution is 5.73. The molecule has 3 aliphatic rings. The first-order valence-corrected chi connectivity index (χ1v) is 22.4. The van der Waals surface area contributed by atoms with Gasteiger partial charge in [0.1, 0.15) is 23.9 Å². The molecule has 1 amide bonds. The summed E-state index contributed by atoms with van der Waals surface area (Å²) in [6, 6.07) is 8.46. The zero-order valence-corrected chi connectivity index (χ0v) is 39.6. The van der Waals surface area contributed by atoms with E-state index in [4.69, 9.17) is 33.2 Å². The normalized spacial score (nSPS) is 43.3. The van der Waals surface area contributed by atoms with Crippen LogP contribution in [0.1, 0.15) is 100 Å². The Morgan fingerprint density at radius 3 is 2.21 bits per heavy atom. The van der Waals surface area contributed by atoms with Crippen LogP contribution in [0, 0.1) is 17.8 Å². The van der Waals surface area contributed by atoms with Gasteiger partial charge >= 0.3 is 12.1 Å². The summed E-state index contributed by atoms with van der Waals surface area (Å²) in [6.07, 6.45) is -9.40. The van der Waals surface area contributed by atoms with E-state index in [2.05, 4.69) is 5.32 Å². The zero-order valence-electron chi connectivity index (χ0n) is 39.6. The van der Waals surface area contributed by atoms with E-state index >= 15 is 0 Å². The molecule has 1 aromatic carbocycles. The van der Waals surface area contributed by atoms with E-state index in [9.17, 15) is 30.0 Å². The average Bonchev–Trinajstić information content (AvgIpc) is 3.20. The maximum Gasteiger partial charge on any atom is 0.407 e. The van der Waals surface area contributed by atoms with Crippen LogP contribution in [0.3, 0.4) is 0 Å². The van der Waals surface area contributed by atoms with Crippen LogP contribution in [-0.4, -0.2) is 167 Å². The summed E-state index contributed by atoms with van der Waals surface area (Å²) in [5.74, 6) is -2.81. The molecule has 0 bridgehead atoms. The summed E-state index contributed by atoms with van der Waals surface area (Å²) in [5.41, 5.74) is -3.70. The van der Waals surface area contributed by atoms with Gasteiger partial charge in [-0.05, 0) is 100 Å². The molecule has 0 spiro atoms. The van der Waals surface area contributed by atoms with E-state index in [1.807, 2.05) is 89.0 Å². The molecule has 3 saturated heterocycles. The van der Waals surface area contributed by atoms with Crippen LogP contribution in [0.15, 0.2) is 30.3 Å². The van der Waals surface area contributed by atoms with E-state index in [0.717, 1.165) is 5.56 Å². The van der Waals surface area contributed by atoms with Gasteiger partial charge in [0.15, 0.2) is 18.7 Å². The molecule has 0 aromatic heterocycles. The first-order chi connectivity index (χ1) is 28.9. The van der Waals surface area contributed by atoms with Crippen LogP contribution >= 0.6 is 0 Å². The Morgan fingerprint density at radius 2 is 1.61 bits per heavy atom. The molecule has 0 unspecified atom stereocenters. The zero-order chi connectivity index (χ0) is 46.5. The lowest BCUT2D eigenvalue weighted by molar-refractivity contribution is -0.318. The number of cyclic esters (lactones) is 1. The van der Waals surface area contributed by atoms with E-state index in [1.165, 1.54) is 14.0 Å². The number of nitrogens with zero attached hydrogens (tertiary/aromatic N) is 2. The second-order valence-electron chi connectivity index (χ2n) is 19.4. The first-order valence-electron chi connectivity index (χ1n) is 22.4. The number of aliphatic hydroxyl groups excluding tert-OH is 2. The minimum Gasteiger partial charge on any atom is -0.459 e. The lowest BCUT2D eigenvalue weighted by Crippen LogP contribution is -2.61. The highest BCUT2D eigenvalue weighted by Gasteiger charge is 2.53. The number of esters is 1. The fraction of sp³-hybridized carbons (Fsp3) is 0.826. The van der Waals surface area contributed by atoms with Crippen molar-refractivity contribution < 1.29 is 63.2 Å². The van der Waals surface area contributed by atoms with Crippen molar-refractivity contribution in [1.29, 1.82) is 0 Å². The van der Waals surface area contributed by atoms with Crippen molar-refractivity contribution in [1.82, 2.24) is 15.1 Å². The molecule has 16 heteroatoms. The third kappa shape index (κ3) is 12.4. The molecule has 3 aliphatic heterocycles. The Hall–Kier alpha value is -2.48. The van der Waals surface area contributed by atoms with Gasteiger partial charge < -0.3 is 63.8 Å². The quantitative estimate of drug-likeness (QED) is 0.213. The van der Waals surface area contributed by atoms with E-state index in [-0.39, 0.29) is 43.9 Å². The Balaban J connectivity index is 1.80. The van der Waals surface area contributed by atoms with Crippen molar-refractivity contribution in [2.24, 2.45) is 17.8 Å². The molecule has 1 aromatic rings. The number of ether oxygens (including phenoxy) is 7. The predicted octanol–water partition coefficient (Wildman–Crippen LogP) is 3.83. The number of aliphatic hydroxyl groups is 4. The van der Waals surface area contributed by atoms with Gasteiger partial charge in [0, 0.05) is 44.6 Å². The van der Waals surface area contributed by atoms with Crippen LogP contribution < -0.4 is 5.32 Å². The second-order valence-corrected chi connectivity index (χ2v) is 19.4. The number of carbonyl (C=O) groups is 2. The Morgan fingerprint density at radius 1 is 0.968 bits per heavy atom. The van der Waals surface area contributed by atoms with Gasteiger partial charge in [0.25, 0.3) is 0 Å². The van der Waals surface area contributed by atoms with Gasteiger partial charge in [-0.15, -0.1) is 0 Å². The third-order valence-electron chi connectivity index (χ3n) is 13.7. The van der Waals surface area contributed by atoms with Crippen LogP contribution in [0.4, 0.5) is 4.79 Å². The third-order valence-corrected chi connectivity index (χ3v) is 13.7. The molecule has 62 heavy (non-hydrogen) atoms. The average molecular weight is 882 g/mol. The Labute approximate surface area is 369 Å². The van der Waals surface area contributed by atoms with E-state index in [0.29, 0.717) is 13.0 Å². The number of methoxy groups -OCH3 is 1. The molecule has 0 aliphatic carbocycles. The van der Waals surface area contributed by atoms with Gasteiger partial charge in [0.05, 0.1) is 41.5 Å². The summed E-state index contributed by atoms with van der Waals surface area (Å²) in [5, 5.41) is 50.7. The number of benzene rings is 1. The second kappa shape index (κ2) is 21.7. The van der Waals surface area contributed by atoms with Crippen LogP contribution in [0.2, 0.25) is 0 Å². The molecule has 0 radical (unpaired) electrons. The molecule has 3 heterocycles. The number of likely N-dealkylation sites (N-methyl/N-ethyl adjacent to an activating group) is 2. The van der Waals surface area contributed by atoms with Crippen LogP contribution in [0.5, 0.6) is 0 Å². The highest BCUT2D eigenvalue weighted by Crippen LogP contribution is 2.40. The van der Waals surface area contributed by atoms with Gasteiger partial charge in [-0.3, -0.25) is 9.69 Å². The van der Waals surface area contributed by atoms with E-state index in [1.54, 1.807) is 34.6 Å². The summed E-state index contributed by atoms with van der Waals surface area (Å²) in [4.78, 5) is 32.0. The fourth-order valence-electron chi connectivity index (χ4n) is 9.86. The highest BCUT2D eigenvalue weighted by atomic mass is 16.7. The maximum absolute atomic E-state index is 14.6. The number of nitrogens with one attached hydrogen (secondary N) is 1. The smallest absolute Gasteiger partial charge is 0.407 e. The molecule has 3 fully saturated rings. The summed E-state index contributed by atoms with van der Waals surface area (Å²) < 4.78 is 44.2. The SMILES string of the molecule is CC[C@H]1OC(=O)[C@H](C)[C@@H](O[C@H]2C[C@@](C)(OC)[C@@H](O)[C@H](C)O2)[C@H](C)[C@@H](O[C@@H]2O[C@H](C)C[C@H](N(C)C)[C@H]2O)[C@](C)(O)C[C@@H](C)CN(C)[C@H](C)[C@@H](OC(=O)NCc2ccccc2)[C@]1(C)O. The van der Waals surface area contributed by atoms with E-state index < -0.39 is 102 Å². The number of alkyl carbamates (subject to hydrolysis) is 1. The minimum absolute atomic E-state index is 0.104. The van der Waals surface area contributed by atoms with Gasteiger partial charge in [-0.1, -0.05) is 51.1 Å². The molecule has 0 saturated carbocycles. The van der Waals surface area contributed by atoms with Crippen molar-refractivity contribution in [2.45, 2.75) is 192 Å². The number of rotatable bonds is 10.